The van der Waals surface area contributed by atoms with Crippen LogP contribution in [0.3, 0.4) is 0 Å². The SMILES string of the molecule is [B]c1cnc(Nc2cccc(NC(=O)N3CCCC3)c2)nc1NC(CC)c1ccccc1. The van der Waals surface area contributed by atoms with Crippen molar-refractivity contribution in [3.05, 3.63) is 66.4 Å². The number of likely N-dealkylation sites (tertiary alicyclic amines) is 1. The second-order valence-electron chi connectivity index (χ2n) is 7.84. The summed E-state index contributed by atoms with van der Waals surface area (Å²) < 4.78 is 0. The molecule has 1 aliphatic rings. The minimum Gasteiger partial charge on any atom is -0.364 e. The molecule has 0 aliphatic carbocycles. The van der Waals surface area contributed by atoms with Gasteiger partial charge in [-0.1, -0.05) is 43.3 Å². The molecule has 0 bridgehead atoms. The quantitative estimate of drug-likeness (QED) is 0.494. The molecule has 3 aromatic rings. The van der Waals surface area contributed by atoms with Gasteiger partial charge in [-0.15, -0.1) is 0 Å². The highest BCUT2D eigenvalue weighted by Crippen LogP contribution is 2.22. The van der Waals surface area contributed by atoms with Crippen LogP contribution < -0.4 is 21.4 Å². The zero-order valence-corrected chi connectivity index (χ0v) is 18.2. The fourth-order valence-electron chi connectivity index (χ4n) is 3.77. The van der Waals surface area contributed by atoms with Gasteiger partial charge in [0.15, 0.2) is 0 Å². The van der Waals surface area contributed by atoms with Crippen molar-refractivity contribution in [2.45, 2.75) is 32.2 Å². The maximum Gasteiger partial charge on any atom is 0.321 e. The van der Waals surface area contributed by atoms with Gasteiger partial charge in [0.05, 0.1) is 6.04 Å². The van der Waals surface area contributed by atoms with Crippen molar-refractivity contribution in [2.75, 3.05) is 29.0 Å². The Bertz CT molecular complexity index is 1060. The molecule has 1 unspecified atom stereocenters. The van der Waals surface area contributed by atoms with Crippen LogP contribution in [0.1, 0.15) is 37.8 Å². The number of urea groups is 1. The molecule has 1 aliphatic heterocycles. The number of aromatic nitrogens is 2. The van der Waals surface area contributed by atoms with Gasteiger partial charge in [0.25, 0.3) is 0 Å². The number of carbonyl (C=O) groups excluding carboxylic acids is 1. The monoisotopic (exact) mass is 426 g/mol. The Labute approximate surface area is 190 Å². The molecular weight excluding hydrogens is 399 g/mol. The standard InChI is InChI=1S/C24H27BN6O/c1-2-21(17-9-4-3-5-10-17)29-22-20(25)16-26-23(30-22)27-18-11-8-12-19(15-18)28-24(32)31-13-6-7-14-31/h3-5,8-12,15-16,21H,2,6-7,13-14H2,1H3,(H,28,32)(H2,26,27,29,30). The minimum absolute atomic E-state index is 0.0682. The van der Waals surface area contributed by atoms with Crippen molar-refractivity contribution in [1.29, 1.82) is 0 Å². The Hall–Kier alpha value is -3.55. The molecule has 2 aromatic carbocycles. The van der Waals surface area contributed by atoms with Crippen molar-refractivity contribution >= 4 is 42.5 Å². The first-order chi connectivity index (χ1) is 15.6. The summed E-state index contributed by atoms with van der Waals surface area (Å²) in [6, 6.07) is 17.7. The van der Waals surface area contributed by atoms with Gasteiger partial charge in [0.2, 0.25) is 5.95 Å². The van der Waals surface area contributed by atoms with E-state index in [1.165, 1.54) is 5.56 Å². The van der Waals surface area contributed by atoms with Crippen LogP contribution in [0, 0.1) is 0 Å². The third-order valence-corrected chi connectivity index (χ3v) is 5.50. The molecule has 1 aromatic heterocycles. The van der Waals surface area contributed by atoms with Crippen LogP contribution in [0.15, 0.2) is 60.8 Å². The van der Waals surface area contributed by atoms with Gasteiger partial charge in [-0.3, -0.25) is 0 Å². The van der Waals surface area contributed by atoms with Crippen LogP contribution in [-0.2, 0) is 0 Å². The molecule has 7 nitrogen and oxygen atoms in total. The predicted molar refractivity (Wildman–Crippen MR) is 130 cm³/mol. The van der Waals surface area contributed by atoms with Gasteiger partial charge in [-0.2, -0.15) is 4.98 Å². The number of carbonyl (C=O) groups is 1. The van der Waals surface area contributed by atoms with E-state index in [4.69, 9.17) is 7.85 Å². The Morgan fingerprint density at radius 2 is 1.84 bits per heavy atom. The summed E-state index contributed by atoms with van der Waals surface area (Å²) in [6.45, 7) is 3.73. The summed E-state index contributed by atoms with van der Waals surface area (Å²) >= 11 is 0. The highest BCUT2D eigenvalue weighted by Gasteiger charge is 2.18. The molecule has 3 N–H and O–H groups in total. The molecule has 0 spiro atoms. The Balaban J connectivity index is 1.46. The largest absolute Gasteiger partial charge is 0.364 e. The van der Waals surface area contributed by atoms with Gasteiger partial charge in [-0.05, 0) is 48.5 Å². The normalized spacial score (nSPS) is 14.1. The first-order valence-corrected chi connectivity index (χ1v) is 11.0. The Morgan fingerprint density at radius 3 is 2.59 bits per heavy atom. The van der Waals surface area contributed by atoms with Gasteiger partial charge in [-0.25, -0.2) is 9.78 Å². The van der Waals surface area contributed by atoms with E-state index in [0.29, 0.717) is 17.2 Å². The minimum atomic E-state index is -0.0682. The molecule has 0 saturated carbocycles. The lowest BCUT2D eigenvalue weighted by Gasteiger charge is -2.20. The molecule has 2 radical (unpaired) electrons. The molecule has 1 fully saturated rings. The van der Waals surface area contributed by atoms with E-state index in [9.17, 15) is 4.79 Å². The van der Waals surface area contributed by atoms with E-state index in [1.807, 2.05) is 47.4 Å². The van der Waals surface area contributed by atoms with E-state index in [-0.39, 0.29) is 12.1 Å². The molecule has 1 atom stereocenters. The predicted octanol–water partition coefficient (Wildman–Crippen LogP) is 4.20. The van der Waals surface area contributed by atoms with E-state index >= 15 is 0 Å². The third kappa shape index (κ3) is 5.38. The fraction of sp³-hybridized carbons (Fsp3) is 0.292. The molecule has 1 saturated heterocycles. The number of nitrogens with zero attached hydrogens (tertiary/aromatic N) is 3. The van der Waals surface area contributed by atoms with Crippen LogP contribution in [-0.4, -0.2) is 41.8 Å². The van der Waals surface area contributed by atoms with Crippen LogP contribution in [0.4, 0.5) is 27.9 Å². The lowest BCUT2D eigenvalue weighted by atomic mass is 9.97. The van der Waals surface area contributed by atoms with E-state index < -0.39 is 0 Å². The highest BCUT2D eigenvalue weighted by molar-refractivity contribution is 6.35. The molecule has 32 heavy (non-hydrogen) atoms. The summed E-state index contributed by atoms with van der Waals surface area (Å²) in [5.74, 6) is 1.00. The highest BCUT2D eigenvalue weighted by atomic mass is 16.2. The number of amides is 2. The number of anilines is 4. The maximum atomic E-state index is 12.4. The van der Waals surface area contributed by atoms with E-state index in [0.717, 1.165) is 43.7 Å². The van der Waals surface area contributed by atoms with Crippen molar-refractivity contribution in [3.63, 3.8) is 0 Å². The Kier molecular flexibility index (Phi) is 6.89. The fourth-order valence-corrected chi connectivity index (χ4v) is 3.77. The molecule has 8 heteroatoms. The van der Waals surface area contributed by atoms with Crippen LogP contribution >= 0.6 is 0 Å². The number of rotatable bonds is 7. The van der Waals surface area contributed by atoms with E-state index in [2.05, 4.69) is 45.0 Å². The first kappa shape index (κ1) is 21.7. The summed E-state index contributed by atoms with van der Waals surface area (Å²) in [5.41, 5.74) is 3.14. The first-order valence-electron chi connectivity index (χ1n) is 11.0. The Morgan fingerprint density at radius 1 is 1.09 bits per heavy atom. The van der Waals surface area contributed by atoms with Gasteiger partial charge in [0, 0.05) is 30.7 Å². The van der Waals surface area contributed by atoms with Crippen LogP contribution in [0.5, 0.6) is 0 Å². The lowest BCUT2D eigenvalue weighted by molar-refractivity contribution is 0.222. The average molecular weight is 426 g/mol. The zero-order chi connectivity index (χ0) is 22.3. The van der Waals surface area contributed by atoms with Crippen molar-refractivity contribution in [2.24, 2.45) is 0 Å². The van der Waals surface area contributed by atoms with E-state index in [1.54, 1.807) is 6.20 Å². The third-order valence-electron chi connectivity index (χ3n) is 5.50. The van der Waals surface area contributed by atoms with Crippen LogP contribution in [0.2, 0.25) is 0 Å². The topological polar surface area (TPSA) is 82.2 Å². The molecular formula is C24H27BN6O. The van der Waals surface area contributed by atoms with Crippen molar-refractivity contribution in [1.82, 2.24) is 14.9 Å². The number of benzene rings is 2. The average Bonchev–Trinajstić information content (AvgIpc) is 3.35. The number of hydrogen-bond donors (Lipinski definition) is 3. The second kappa shape index (κ2) is 10.2. The second-order valence-corrected chi connectivity index (χ2v) is 7.84. The number of hydrogen-bond acceptors (Lipinski definition) is 5. The van der Waals surface area contributed by atoms with Gasteiger partial charge < -0.3 is 20.9 Å². The summed E-state index contributed by atoms with van der Waals surface area (Å²) in [4.78, 5) is 23.1. The molecule has 2 heterocycles. The van der Waals surface area contributed by atoms with Crippen LogP contribution in [0.25, 0.3) is 0 Å². The lowest BCUT2D eigenvalue weighted by Crippen LogP contribution is -2.32. The van der Waals surface area contributed by atoms with Crippen molar-refractivity contribution in [3.8, 4) is 0 Å². The van der Waals surface area contributed by atoms with Crippen molar-refractivity contribution < 1.29 is 4.79 Å². The smallest absolute Gasteiger partial charge is 0.321 e. The number of nitrogens with one attached hydrogen (secondary N) is 3. The van der Waals surface area contributed by atoms with Gasteiger partial charge in [0.1, 0.15) is 13.7 Å². The molecule has 162 valence electrons. The zero-order valence-electron chi connectivity index (χ0n) is 18.2. The summed E-state index contributed by atoms with van der Waals surface area (Å²) in [7, 11) is 6.14. The maximum absolute atomic E-state index is 12.4. The summed E-state index contributed by atoms with van der Waals surface area (Å²) in [5, 5.41) is 9.59. The van der Waals surface area contributed by atoms with Gasteiger partial charge >= 0.3 is 6.03 Å². The molecule has 4 rings (SSSR count). The summed E-state index contributed by atoms with van der Waals surface area (Å²) in [6.07, 6.45) is 4.59. The molecule has 2 amide bonds.